The summed E-state index contributed by atoms with van der Waals surface area (Å²) < 4.78 is 37.0. The molecule has 8 heteroatoms. The minimum Gasteiger partial charge on any atom is -0.441 e. The van der Waals surface area contributed by atoms with Gasteiger partial charge in [-0.05, 0) is 30.3 Å². The number of rotatable bonds is 4. The van der Waals surface area contributed by atoms with E-state index in [-0.39, 0.29) is 9.80 Å². The summed E-state index contributed by atoms with van der Waals surface area (Å²) in [5, 5.41) is 9.32. The number of nitrogens with zero attached hydrogens (tertiary/aromatic N) is 2. The number of benzene rings is 1. The van der Waals surface area contributed by atoms with E-state index in [1.54, 1.807) is 30.3 Å². The van der Waals surface area contributed by atoms with E-state index in [1.807, 2.05) is 4.90 Å². The lowest BCUT2D eigenvalue weighted by Gasteiger charge is -2.26. The van der Waals surface area contributed by atoms with Crippen LogP contribution in [0.1, 0.15) is 5.76 Å². The first kappa shape index (κ1) is 17.7. The lowest BCUT2D eigenvalue weighted by Crippen LogP contribution is -2.35. The van der Waals surface area contributed by atoms with Crippen molar-refractivity contribution in [2.75, 3.05) is 31.2 Å². The maximum Gasteiger partial charge on any atom is 0.216 e. The highest BCUT2D eigenvalue weighted by Gasteiger charge is 2.22. The van der Waals surface area contributed by atoms with Crippen LogP contribution in [0.5, 0.6) is 0 Å². The zero-order valence-corrected chi connectivity index (χ0v) is 15.6. The summed E-state index contributed by atoms with van der Waals surface area (Å²) >= 11 is 3.26. The molecule has 3 rings (SSSR count). The van der Waals surface area contributed by atoms with E-state index in [2.05, 4.69) is 15.9 Å². The van der Waals surface area contributed by atoms with Gasteiger partial charge in [-0.15, -0.1) is 0 Å². The zero-order chi connectivity index (χ0) is 17.9. The first-order chi connectivity index (χ1) is 12.0. The Kier molecular flexibility index (Phi) is 5.27. The van der Waals surface area contributed by atoms with E-state index >= 15 is 0 Å². The number of sulfone groups is 1. The Bertz CT molecular complexity index is 920. The molecule has 1 aromatic heterocycles. The van der Waals surface area contributed by atoms with Crippen molar-refractivity contribution in [3.63, 3.8) is 0 Å². The minimum atomic E-state index is -3.90. The number of furan rings is 1. The molecule has 1 fully saturated rings. The second-order valence-corrected chi connectivity index (χ2v) is 8.19. The van der Waals surface area contributed by atoms with Crippen molar-refractivity contribution >= 4 is 37.7 Å². The Morgan fingerprint density at radius 3 is 2.48 bits per heavy atom. The Morgan fingerprint density at radius 2 is 1.84 bits per heavy atom. The smallest absolute Gasteiger partial charge is 0.216 e. The van der Waals surface area contributed by atoms with Gasteiger partial charge in [-0.1, -0.05) is 15.9 Å². The topological polar surface area (TPSA) is 83.5 Å². The zero-order valence-electron chi connectivity index (χ0n) is 13.2. The van der Waals surface area contributed by atoms with Gasteiger partial charge in [0.15, 0.2) is 10.8 Å². The highest BCUT2D eigenvalue weighted by Crippen LogP contribution is 2.25. The number of nitriles is 1. The normalized spacial score (nSPS) is 15.8. The van der Waals surface area contributed by atoms with Crippen LogP contribution in [0.3, 0.4) is 0 Å². The van der Waals surface area contributed by atoms with Gasteiger partial charge in [0.2, 0.25) is 9.84 Å². The van der Waals surface area contributed by atoms with Crippen LogP contribution in [0.2, 0.25) is 0 Å². The van der Waals surface area contributed by atoms with Crippen molar-refractivity contribution < 1.29 is 17.6 Å². The average Bonchev–Trinajstić information content (AvgIpc) is 3.09. The number of hydrogen-bond donors (Lipinski definition) is 0. The maximum absolute atomic E-state index is 12.6. The highest BCUT2D eigenvalue weighted by molar-refractivity contribution is 9.10. The molecule has 1 aliphatic rings. The number of anilines is 1. The van der Waals surface area contributed by atoms with Gasteiger partial charge in [-0.3, -0.25) is 0 Å². The van der Waals surface area contributed by atoms with Crippen molar-refractivity contribution in [2.45, 2.75) is 4.90 Å². The van der Waals surface area contributed by atoms with Gasteiger partial charge in [-0.2, -0.15) is 5.26 Å². The molecule has 0 unspecified atom stereocenters. The lowest BCUT2D eigenvalue weighted by molar-refractivity contribution is 0.120. The van der Waals surface area contributed by atoms with Gasteiger partial charge < -0.3 is 14.1 Å². The molecule has 0 atom stereocenters. The molecule has 2 aromatic rings. The van der Waals surface area contributed by atoms with Crippen LogP contribution in [0.15, 0.2) is 55.1 Å². The monoisotopic (exact) mass is 422 g/mol. The molecule has 2 heterocycles. The number of ether oxygens (including phenoxy) is 1. The molecule has 0 saturated carbocycles. The highest BCUT2D eigenvalue weighted by atomic mass is 79.9. The van der Waals surface area contributed by atoms with E-state index in [0.29, 0.717) is 37.9 Å². The fourth-order valence-corrected chi connectivity index (χ4v) is 3.82. The van der Waals surface area contributed by atoms with Crippen LogP contribution < -0.4 is 4.90 Å². The second-order valence-electron chi connectivity index (χ2n) is 5.35. The lowest BCUT2D eigenvalue weighted by atomic mass is 10.4. The molecule has 0 N–H and O–H groups in total. The first-order valence-electron chi connectivity index (χ1n) is 7.56. The van der Waals surface area contributed by atoms with Crippen molar-refractivity contribution in [3.8, 4) is 6.07 Å². The quantitative estimate of drug-likeness (QED) is 0.703. The first-order valence-corrected chi connectivity index (χ1v) is 9.83. The van der Waals surface area contributed by atoms with E-state index < -0.39 is 9.84 Å². The molecular formula is C17H15BrN2O4S. The van der Waals surface area contributed by atoms with Crippen LogP contribution in [0.4, 0.5) is 5.88 Å². The molecule has 0 bridgehead atoms. The third-order valence-electron chi connectivity index (χ3n) is 3.73. The second kappa shape index (κ2) is 7.44. The molecule has 1 aromatic carbocycles. The predicted octanol–water partition coefficient (Wildman–Crippen LogP) is 3.22. The summed E-state index contributed by atoms with van der Waals surface area (Å²) in [4.78, 5) is 1.71. The molecule has 6 nitrogen and oxygen atoms in total. The standard InChI is InChI=1S/C17H15BrN2O4S/c18-13-1-4-15(5-2-13)25(21,22)16(12-19)11-14-3-6-17(24-14)20-7-9-23-10-8-20/h1-6,11H,7-10H2/b16-11+. The predicted molar refractivity (Wildman–Crippen MR) is 96.7 cm³/mol. The number of allylic oxidation sites excluding steroid dienone is 1. The molecule has 1 aliphatic heterocycles. The van der Waals surface area contributed by atoms with Crippen LogP contribution >= 0.6 is 15.9 Å². The number of hydrogen-bond acceptors (Lipinski definition) is 6. The molecule has 0 amide bonds. The van der Waals surface area contributed by atoms with Gasteiger partial charge in [0.25, 0.3) is 0 Å². The fraction of sp³-hybridized carbons (Fsp3) is 0.235. The van der Waals surface area contributed by atoms with E-state index in [4.69, 9.17) is 9.15 Å². The van der Waals surface area contributed by atoms with Crippen molar-refractivity contribution in [1.29, 1.82) is 5.26 Å². The van der Waals surface area contributed by atoms with E-state index in [9.17, 15) is 13.7 Å². The van der Waals surface area contributed by atoms with Crippen LogP contribution in [-0.2, 0) is 14.6 Å². The Balaban J connectivity index is 1.89. The van der Waals surface area contributed by atoms with Crippen LogP contribution in [0.25, 0.3) is 6.08 Å². The molecule has 0 aliphatic carbocycles. The van der Waals surface area contributed by atoms with Crippen molar-refractivity contribution in [1.82, 2.24) is 0 Å². The molecular weight excluding hydrogens is 408 g/mol. The van der Waals surface area contributed by atoms with E-state index in [0.717, 1.165) is 4.47 Å². The number of halogens is 1. The SMILES string of the molecule is N#C/C(=C\c1ccc(N2CCOCC2)o1)S(=O)(=O)c1ccc(Br)cc1. The van der Waals surface area contributed by atoms with Gasteiger partial charge in [0, 0.05) is 29.7 Å². The molecule has 130 valence electrons. The Hall–Kier alpha value is -2.08. The number of morpholine rings is 1. The average molecular weight is 423 g/mol. The van der Waals surface area contributed by atoms with Gasteiger partial charge >= 0.3 is 0 Å². The Morgan fingerprint density at radius 1 is 1.16 bits per heavy atom. The van der Waals surface area contributed by atoms with Gasteiger partial charge in [0.05, 0.1) is 18.1 Å². The van der Waals surface area contributed by atoms with Crippen LogP contribution in [0, 0.1) is 11.3 Å². The third kappa shape index (κ3) is 3.95. The van der Waals surface area contributed by atoms with Crippen LogP contribution in [-0.4, -0.2) is 34.7 Å². The molecule has 0 radical (unpaired) electrons. The maximum atomic E-state index is 12.6. The summed E-state index contributed by atoms with van der Waals surface area (Å²) in [6.07, 6.45) is 1.25. The largest absolute Gasteiger partial charge is 0.441 e. The summed E-state index contributed by atoms with van der Waals surface area (Å²) in [6, 6.07) is 11.3. The molecule has 1 saturated heterocycles. The molecule has 25 heavy (non-hydrogen) atoms. The summed E-state index contributed by atoms with van der Waals surface area (Å²) in [6.45, 7) is 2.65. The third-order valence-corrected chi connectivity index (χ3v) is 5.94. The van der Waals surface area contributed by atoms with Crippen molar-refractivity contribution in [2.24, 2.45) is 0 Å². The molecule has 0 spiro atoms. The van der Waals surface area contributed by atoms with Gasteiger partial charge in [0.1, 0.15) is 11.8 Å². The fourth-order valence-electron chi connectivity index (χ4n) is 2.41. The van der Waals surface area contributed by atoms with Gasteiger partial charge in [-0.25, -0.2) is 8.42 Å². The van der Waals surface area contributed by atoms with Crippen molar-refractivity contribution in [3.05, 3.63) is 51.5 Å². The Labute approximate surface area is 154 Å². The van der Waals surface area contributed by atoms with E-state index in [1.165, 1.54) is 18.2 Å². The minimum absolute atomic E-state index is 0.0588. The summed E-state index contributed by atoms with van der Waals surface area (Å²) in [7, 11) is -3.90. The summed E-state index contributed by atoms with van der Waals surface area (Å²) in [5.74, 6) is 0.951. The summed E-state index contributed by atoms with van der Waals surface area (Å²) in [5.41, 5.74) is 0.